The maximum atomic E-state index is 11.9. The van der Waals surface area contributed by atoms with Gasteiger partial charge in [-0.1, -0.05) is 42.5 Å². The van der Waals surface area contributed by atoms with Gasteiger partial charge in [0.25, 0.3) is 5.91 Å². The van der Waals surface area contributed by atoms with E-state index in [0.717, 1.165) is 6.42 Å². The Morgan fingerprint density at radius 3 is 2.30 bits per heavy atom. The van der Waals surface area contributed by atoms with Crippen LogP contribution in [0.15, 0.2) is 54.6 Å². The molecule has 20 heavy (non-hydrogen) atoms. The van der Waals surface area contributed by atoms with E-state index >= 15 is 0 Å². The van der Waals surface area contributed by atoms with Crippen LogP contribution in [0.25, 0.3) is 0 Å². The fraction of sp³-hybridized carbons (Fsp3) is 0.133. The molecule has 104 valence electrons. The topological polar surface area (TPSA) is 69.6 Å². The number of carbonyl (C=O) groups excluding carboxylic acids is 1. The molecule has 0 aromatic heterocycles. The summed E-state index contributed by atoms with van der Waals surface area (Å²) in [4.78, 5) is 11.9. The van der Waals surface area contributed by atoms with Crippen molar-refractivity contribution in [1.82, 2.24) is 5.32 Å². The second kappa shape index (κ2) is 6.89. The number of benzene rings is 2. The van der Waals surface area contributed by atoms with Crippen LogP contribution in [-0.4, -0.2) is 29.6 Å². The molecule has 1 amide bonds. The second-order valence-electron chi connectivity index (χ2n) is 4.49. The molecular weight excluding hydrogens is 253 g/mol. The second-order valence-corrected chi connectivity index (χ2v) is 4.49. The Kier molecular flexibility index (Phi) is 4.93. The SMILES string of the molecule is O=C(NCCc1ccccc1)c1ccc(B(O)O)cc1.[HH]. The van der Waals surface area contributed by atoms with Gasteiger partial charge < -0.3 is 15.4 Å². The molecule has 0 aliphatic rings. The van der Waals surface area contributed by atoms with Crippen LogP contribution in [0.2, 0.25) is 0 Å². The van der Waals surface area contributed by atoms with Gasteiger partial charge >= 0.3 is 7.12 Å². The van der Waals surface area contributed by atoms with Crippen LogP contribution in [0.1, 0.15) is 17.3 Å². The summed E-state index contributed by atoms with van der Waals surface area (Å²) in [6, 6.07) is 16.1. The third kappa shape index (κ3) is 3.95. The summed E-state index contributed by atoms with van der Waals surface area (Å²) in [6.07, 6.45) is 0.778. The Labute approximate surface area is 119 Å². The number of rotatable bonds is 5. The van der Waals surface area contributed by atoms with Gasteiger partial charge in [0.1, 0.15) is 0 Å². The Bertz CT molecular complexity index is 561. The van der Waals surface area contributed by atoms with E-state index in [0.29, 0.717) is 17.6 Å². The van der Waals surface area contributed by atoms with Crippen LogP contribution >= 0.6 is 0 Å². The molecule has 3 N–H and O–H groups in total. The Morgan fingerprint density at radius 2 is 1.70 bits per heavy atom. The molecule has 0 bridgehead atoms. The van der Waals surface area contributed by atoms with Crippen LogP contribution in [-0.2, 0) is 6.42 Å². The fourth-order valence-corrected chi connectivity index (χ4v) is 1.87. The lowest BCUT2D eigenvalue weighted by molar-refractivity contribution is 0.0954. The minimum atomic E-state index is -1.51. The smallest absolute Gasteiger partial charge is 0.423 e. The van der Waals surface area contributed by atoms with Crippen LogP contribution in [0.4, 0.5) is 0 Å². The first-order chi connectivity index (χ1) is 9.66. The van der Waals surface area contributed by atoms with Gasteiger partial charge in [0, 0.05) is 13.5 Å². The number of amides is 1. The van der Waals surface area contributed by atoms with Gasteiger partial charge in [0.2, 0.25) is 0 Å². The zero-order valence-electron chi connectivity index (χ0n) is 11.0. The average molecular weight is 271 g/mol. The highest BCUT2D eigenvalue weighted by Gasteiger charge is 2.11. The average Bonchev–Trinajstić information content (AvgIpc) is 2.48. The van der Waals surface area contributed by atoms with Gasteiger partial charge in [-0.3, -0.25) is 4.79 Å². The molecule has 2 aromatic rings. The van der Waals surface area contributed by atoms with Crippen molar-refractivity contribution < 1.29 is 16.3 Å². The first-order valence-corrected chi connectivity index (χ1v) is 6.45. The molecule has 0 unspecified atom stereocenters. The molecule has 0 saturated heterocycles. The maximum absolute atomic E-state index is 11.9. The van der Waals surface area contributed by atoms with Gasteiger partial charge in [-0.05, 0) is 29.6 Å². The van der Waals surface area contributed by atoms with Gasteiger partial charge in [0.15, 0.2) is 0 Å². The fourth-order valence-electron chi connectivity index (χ4n) is 1.87. The Morgan fingerprint density at radius 1 is 1.05 bits per heavy atom. The van der Waals surface area contributed by atoms with E-state index in [4.69, 9.17) is 10.0 Å². The van der Waals surface area contributed by atoms with Crippen molar-refractivity contribution in [3.63, 3.8) is 0 Å². The molecule has 0 atom stereocenters. The van der Waals surface area contributed by atoms with Crippen molar-refractivity contribution in [2.24, 2.45) is 0 Å². The predicted octanol–water partition coefficient (Wildman–Crippen LogP) is 0.585. The van der Waals surface area contributed by atoms with Crippen LogP contribution in [0.3, 0.4) is 0 Å². The summed E-state index contributed by atoms with van der Waals surface area (Å²) >= 11 is 0. The summed E-state index contributed by atoms with van der Waals surface area (Å²) in [7, 11) is -1.51. The summed E-state index contributed by atoms with van der Waals surface area (Å²) in [5.74, 6) is -0.167. The van der Waals surface area contributed by atoms with Crippen molar-refractivity contribution in [2.45, 2.75) is 6.42 Å². The molecule has 5 heteroatoms. The minimum absolute atomic E-state index is 0. The number of nitrogens with one attached hydrogen (secondary N) is 1. The number of hydrogen-bond acceptors (Lipinski definition) is 3. The molecule has 0 aliphatic carbocycles. The molecule has 0 fully saturated rings. The minimum Gasteiger partial charge on any atom is -0.423 e. The predicted molar refractivity (Wildman–Crippen MR) is 80.9 cm³/mol. The maximum Gasteiger partial charge on any atom is 0.488 e. The number of carbonyl (C=O) groups is 1. The standard InChI is InChI=1S/C15H16BNO3.H2/c18-15(13-6-8-14(9-7-13)16(19)20)17-11-10-12-4-2-1-3-5-12;/h1-9,19-20H,10-11H2,(H,17,18);1H. The van der Waals surface area contributed by atoms with Crippen molar-refractivity contribution in [3.8, 4) is 0 Å². The lowest BCUT2D eigenvalue weighted by Crippen LogP contribution is -2.30. The highest BCUT2D eigenvalue weighted by Crippen LogP contribution is 2.00. The van der Waals surface area contributed by atoms with E-state index in [-0.39, 0.29) is 7.33 Å². The van der Waals surface area contributed by atoms with Crippen molar-refractivity contribution in [3.05, 3.63) is 65.7 Å². The Balaban J connectivity index is 0.00000220. The van der Waals surface area contributed by atoms with Crippen LogP contribution in [0, 0.1) is 0 Å². The summed E-state index contributed by atoms with van der Waals surface area (Å²) < 4.78 is 0. The first-order valence-electron chi connectivity index (χ1n) is 6.45. The molecule has 0 saturated carbocycles. The van der Waals surface area contributed by atoms with E-state index in [1.807, 2.05) is 30.3 Å². The normalized spacial score (nSPS) is 10.1. The summed E-state index contributed by atoms with van der Waals surface area (Å²) in [5.41, 5.74) is 2.04. The van der Waals surface area contributed by atoms with Gasteiger partial charge in [0.05, 0.1) is 0 Å². The molecule has 0 heterocycles. The van der Waals surface area contributed by atoms with Crippen LogP contribution < -0.4 is 10.8 Å². The molecule has 4 nitrogen and oxygen atoms in total. The molecule has 2 aromatic carbocycles. The molecular formula is C15H18BNO3. The van der Waals surface area contributed by atoms with Gasteiger partial charge in [-0.15, -0.1) is 0 Å². The molecule has 0 aliphatic heterocycles. The number of hydrogen-bond donors (Lipinski definition) is 3. The first kappa shape index (κ1) is 14.3. The zero-order chi connectivity index (χ0) is 14.4. The van der Waals surface area contributed by atoms with Crippen molar-refractivity contribution in [1.29, 1.82) is 0 Å². The molecule has 0 radical (unpaired) electrons. The van der Waals surface area contributed by atoms with Crippen molar-refractivity contribution in [2.75, 3.05) is 6.54 Å². The zero-order valence-corrected chi connectivity index (χ0v) is 11.0. The quantitative estimate of drug-likeness (QED) is 0.697. The Hall–Kier alpha value is -2.11. The lowest BCUT2D eigenvalue weighted by Gasteiger charge is -2.06. The van der Waals surface area contributed by atoms with Gasteiger partial charge in [-0.25, -0.2) is 0 Å². The van der Waals surface area contributed by atoms with Crippen molar-refractivity contribution >= 4 is 18.5 Å². The summed E-state index contributed by atoms with van der Waals surface area (Å²) in [5, 5.41) is 20.8. The van der Waals surface area contributed by atoms with Gasteiger partial charge in [-0.2, -0.15) is 0 Å². The van der Waals surface area contributed by atoms with E-state index in [2.05, 4.69) is 5.32 Å². The van der Waals surface area contributed by atoms with E-state index < -0.39 is 7.12 Å². The van der Waals surface area contributed by atoms with Crippen LogP contribution in [0.5, 0.6) is 0 Å². The largest absolute Gasteiger partial charge is 0.488 e. The van der Waals surface area contributed by atoms with E-state index in [9.17, 15) is 4.79 Å². The van der Waals surface area contributed by atoms with E-state index in [1.54, 1.807) is 12.1 Å². The highest BCUT2D eigenvalue weighted by molar-refractivity contribution is 6.58. The third-order valence-corrected chi connectivity index (χ3v) is 3.01. The summed E-state index contributed by atoms with van der Waals surface area (Å²) in [6.45, 7) is 0.563. The highest BCUT2D eigenvalue weighted by atomic mass is 16.4. The molecule has 2 rings (SSSR count). The van der Waals surface area contributed by atoms with E-state index in [1.165, 1.54) is 17.7 Å². The third-order valence-electron chi connectivity index (χ3n) is 3.01. The monoisotopic (exact) mass is 271 g/mol. The molecule has 0 spiro atoms. The lowest BCUT2D eigenvalue weighted by atomic mass is 9.80.